The molecule has 1 spiro atoms. The number of ether oxygens (including phenoxy) is 7. The van der Waals surface area contributed by atoms with Gasteiger partial charge in [0.1, 0.15) is 41.9 Å². The number of rotatable bonds is 9. The van der Waals surface area contributed by atoms with Crippen molar-refractivity contribution in [3.8, 4) is 0 Å². The van der Waals surface area contributed by atoms with Gasteiger partial charge in [0.25, 0.3) is 0 Å². The van der Waals surface area contributed by atoms with Crippen molar-refractivity contribution in [1.29, 1.82) is 0 Å². The third kappa shape index (κ3) is 6.79. The molecule has 0 aromatic heterocycles. The number of aliphatic hydroxyl groups is 1. The van der Waals surface area contributed by atoms with Crippen molar-refractivity contribution in [2.75, 3.05) is 13.7 Å². The summed E-state index contributed by atoms with van der Waals surface area (Å²) in [5, 5.41) is 12.9. The molecule has 2 saturated heterocycles. The summed E-state index contributed by atoms with van der Waals surface area (Å²) in [6.45, 7) is 15.4. The normalized spacial score (nSPS) is 40.3. The van der Waals surface area contributed by atoms with Crippen LogP contribution >= 0.6 is 0 Å². The average molecular weight is 693 g/mol. The number of hydrogen-bond acceptors (Lipinski definition) is 14. The molecule has 0 amide bonds. The quantitative estimate of drug-likeness (QED) is 0.210. The standard InChI is InChI=1S/C35H48O14/c1-16(2)13-25(40)48-28-23(14-18(4)36)29(46-21(7)38)34(15-44-34)27-31(47-22(8)39)35(42)19(5)32(41)49-30(35)26(43-10)17(3)11-12-24(33(27,28)9)45-20(6)37/h11-12,16,19,23-24,26-31,42H,3,13-15H2,1-2,4-10H3/b12-11+/t19-,23+,24-,26+,27+,28+,29+,30-,31-,33+,34-,35-/m0/s1. The predicted octanol–water partition coefficient (Wildman–Crippen LogP) is 2.17. The molecular formula is C35H48O14. The summed E-state index contributed by atoms with van der Waals surface area (Å²) in [7, 11) is 1.32. The van der Waals surface area contributed by atoms with E-state index in [1.807, 2.05) is 13.8 Å². The van der Waals surface area contributed by atoms with Gasteiger partial charge in [-0.1, -0.05) is 33.4 Å². The van der Waals surface area contributed by atoms with Crippen LogP contribution in [0, 0.1) is 29.1 Å². The highest BCUT2D eigenvalue weighted by atomic mass is 16.6. The van der Waals surface area contributed by atoms with Crippen LogP contribution in [0.1, 0.15) is 68.2 Å². The van der Waals surface area contributed by atoms with Gasteiger partial charge in [-0.3, -0.25) is 24.0 Å². The Hall–Kier alpha value is -3.62. The van der Waals surface area contributed by atoms with Crippen molar-refractivity contribution >= 4 is 35.6 Å². The number of ketones is 1. The van der Waals surface area contributed by atoms with E-state index in [0.29, 0.717) is 0 Å². The molecule has 2 aliphatic heterocycles. The van der Waals surface area contributed by atoms with Crippen LogP contribution in [0.2, 0.25) is 0 Å². The molecular weight excluding hydrogens is 644 g/mol. The lowest BCUT2D eigenvalue weighted by atomic mass is 9.49. The zero-order chi connectivity index (χ0) is 36.8. The van der Waals surface area contributed by atoms with Crippen LogP contribution in [-0.4, -0.2) is 102 Å². The first-order valence-electron chi connectivity index (χ1n) is 16.4. The first-order chi connectivity index (χ1) is 22.7. The molecule has 1 saturated carbocycles. The number of hydrogen-bond donors (Lipinski definition) is 1. The van der Waals surface area contributed by atoms with Crippen LogP contribution in [0.3, 0.4) is 0 Å². The topological polar surface area (TPSA) is 191 Å². The molecule has 0 radical (unpaired) electrons. The monoisotopic (exact) mass is 692 g/mol. The lowest BCUT2D eigenvalue weighted by molar-refractivity contribution is -0.272. The second-order valence-electron chi connectivity index (χ2n) is 14.3. The molecule has 12 atom stereocenters. The average Bonchev–Trinajstić information content (AvgIpc) is 3.73. The van der Waals surface area contributed by atoms with Gasteiger partial charge in [0.2, 0.25) is 0 Å². The number of esters is 5. The number of carbonyl (C=O) groups is 6. The first-order valence-corrected chi connectivity index (χ1v) is 16.4. The van der Waals surface area contributed by atoms with Crippen molar-refractivity contribution in [2.45, 2.75) is 116 Å². The first kappa shape index (κ1) is 38.2. The van der Waals surface area contributed by atoms with Crippen molar-refractivity contribution < 1.29 is 67.0 Å². The van der Waals surface area contributed by atoms with E-state index in [4.69, 9.17) is 33.2 Å². The van der Waals surface area contributed by atoms with Crippen LogP contribution in [0.5, 0.6) is 0 Å². The summed E-state index contributed by atoms with van der Waals surface area (Å²) in [6.07, 6.45) is -5.74. The molecule has 0 aromatic rings. The van der Waals surface area contributed by atoms with Crippen LogP contribution in [0.15, 0.2) is 24.3 Å². The van der Waals surface area contributed by atoms with Gasteiger partial charge in [-0.15, -0.1) is 0 Å². The lowest BCUT2D eigenvalue weighted by Crippen LogP contribution is -2.75. The molecule has 1 N–H and O–H groups in total. The zero-order valence-electron chi connectivity index (χ0n) is 29.5. The molecule has 0 bridgehead atoms. The van der Waals surface area contributed by atoms with Crippen LogP contribution < -0.4 is 0 Å². The SMILES string of the molecule is C=C1/C=C/[C@H](OC(C)=O)[C@@]2(C)[C@H](OC(=O)CC(C)C)[C@@H](CC(C)=O)[C@@H](OC(C)=O)[C@]3(CO3)[C@@H]2[C@H](OC(C)=O)[C@]2(O)[C@@H](C)C(=O)O[C@H]2[C@@H]1OC. The molecule has 49 heavy (non-hydrogen) atoms. The van der Waals surface area contributed by atoms with E-state index in [0.717, 1.165) is 6.92 Å². The van der Waals surface area contributed by atoms with Gasteiger partial charge < -0.3 is 43.1 Å². The number of methoxy groups -OCH3 is 1. The molecule has 0 unspecified atom stereocenters. The Morgan fingerprint density at radius 2 is 1.55 bits per heavy atom. The van der Waals surface area contributed by atoms with Gasteiger partial charge in [0.15, 0.2) is 11.7 Å². The minimum atomic E-state index is -2.37. The van der Waals surface area contributed by atoms with E-state index in [-0.39, 0.29) is 36.7 Å². The smallest absolute Gasteiger partial charge is 0.312 e. The Labute approximate surface area is 285 Å². The molecule has 2 aliphatic carbocycles. The van der Waals surface area contributed by atoms with Crippen molar-refractivity contribution in [2.24, 2.45) is 29.1 Å². The third-order valence-corrected chi connectivity index (χ3v) is 10.3. The maximum atomic E-state index is 13.6. The zero-order valence-corrected chi connectivity index (χ0v) is 29.5. The van der Waals surface area contributed by atoms with Gasteiger partial charge in [-0.2, -0.15) is 0 Å². The summed E-state index contributed by atoms with van der Waals surface area (Å²) in [4.78, 5) is 78.5. The number of Topliss-reactive ketones (excluding diaryl/α,β-unsaturated/α-hetero) is 1. The number of epoxide rings is 1. The summed E-state index contributed by atoms with van der Waals surface area (Å²) >= 11 is 0. The molecule has 4 aliphatic rings. The molecule has 272 valence electrons. The predicted molar refractivity (Wildman–Crippen MR) is 168 cm³/mol. The highest BCUT2D eigenvalue weighted by molar-refractivity contribution is 5.78. The summed E-state index contributed by atoms with van der Waals surface area (Å²) in [5.41, 5.74) is -5.50. The maximum Gasteiger partial charge on any atom is 0.312 e. The summed E-state index contributed by atoms with van der Waals surface area (Å²) in [5.74, 6) is -8.07. The van der Waals surface area contributed by atoms with Gasteiger partial charge >= 0.3 is 29.8 Å². The second kappa shape index (κ2) is 13.9. The fourth-order valence-electron chi connectivity index (χ4n) is 8.27. The Bertz CT molecular complexity index is 1410. The minimum absolute atomic E-state index is 0.0386. The van der Waals surface area contributed by atoms with Crippen LogP contribution in [-0.2, 0) is 61.9 Å². The third-order valence-electron chi connectivity index (χ3n) is 10.3. The maximum absolute atomic E-state index is 13.6. The van der Waals surface area contributed by atoms with Gasteiger partial charge in [-0.05, 0) is 31.4 Å². The highest BCUT2D eigenvalue weighted by Crippen LogP contribution is 2.64. The van der Waals surface area contributed by atoms with E-state index >= 15 is 0 Å². The van der Waals surface area contributed by atoms with Crippen molar-refractivity contribution in [1.82, 2.24) is 0 Å². The van der Waals surface area contributed by atoms with Crippen LogP contribution in [0.4, 0.5) is 0 Å². The molecule has 3 fully saturated rings. The molecule has 2 heterocycles. The summed E-state index contributed by atoms with van der Waals surface area (Å²) < 4.78 is 41.9. The molecule has 4 rings (SSSR count). The Morgan fingerprint density at radius 3 is 2.04 bits per heavy atom. The Morgan fingerprint density at radius 1 is 0.980 bits per heavy atom. The van der Waals surface area contributed by atoms with Gasteiger partial charge in [-0.25, -0.2) is 0 Å². The summed E-state index contributed by atoms with van der Waals surface area (Å²) in [6, 6.07) is 0. The van der Waals surface area contributed by atoms with E-state index in [9.17, 15) is 33.9 Å². The van der Waals surface area contributed by atoms with Gasteiger partial charge in [0.05, 0.1) is 17.9 Å². The van der Waals surface area contributed by atoms with E-state index < -0.39 is 101 Å². The largest absolute Gasteiger partial charge is 0.461 e. The highest BCUT2D eigenvalue weighted by Gasteiger charge is 2.80. The molecule has 14 heteroatoms. The molecule has 0 aromatic carbocycles. The fraction of sp³-hybridized carbons (Fsp3) is 0.714. The van der Waals surface area contributed by atoms with Gasteiger partial charge in [0, 0.05) is 52.6 Å². The van der Waals surface area contributed by atoms with E-state index in [1.165, 1.54) is 47.0 Å². The fourth-order valence-corrected chi connectivity index (χ4v) is 8.27. The second-order valence-corrected chi connectivity index (χ2v) is 14.3. The lowest BCUT2D eigenvalue weighted by Gasteiger charge is -2.60. The van der Waals surface area contributed by atoms with E-state index in [2.05, 4.69) is 6.58 Å². The molecule has 14 nitrogen and oxygen atoms in total. The number of fused-ring (bicyclic) bond motifs is 3. The Balaban J connectivity index is 2.18. The Kier molecular flexibility index (Phi) is 10.9. The van der Waals surface area contributed by atoms with E-state index in [1.54, 1.807) is 6.92 Å². The van der Waals surface area contributed by atoms with Crippen LogP contribution in [0.25, 0.3) is 0 Å². The minimum Gasteiger partial charge on any atom is -0.461 e. The number of carbonyl (C=O) groups excluding carboxylic acids is 6. The van der Waals surface area contributed by atoms with Crippen molar-refractivity contribution in [3.05, 3.63) is 24.3 Å². The van der Waals surface area contributed by atoms with Crippen molar-refractivity contribution in [3.63, 3.8) is 0 Å².